The van der Waals surface area contributed by atoms with E-state index in [0.29, 0.717) is 16.1 Å². The van der Waals surface area contributed by atoms with Gasteiger partial charge in [-0.3, -0.25) is 9.69 Å². The molecule has 0 bridgehead atoms. The number of epoxide rings is 1. The van der Waals surface area contributed by atoms with Gasteiger partial charge in [0, 0.05) is 35.8 Å². The summed E-state index contributed by atoms with van der Waals surface area (Å²) in [5.74, 6) is -5.27. The molecule has 0 spiro atoms. The van der Waals surface area contributed by atoms with E-state index in [4.69, 9.17) is 38.4 Å². The summed E-state index contributed by atoms with van der Waals surface area (Å²) in [6, 6.07) is 10.7. The normalized spacial score (nSPS) is 21.7. The zero-order chi connectivity index (χ0) is 25.8. The topological polar surface area (TPSA) is 81.0 Å². The first-order chi connectivity index (χ1) is 17.1. The van der Waals surface area contributed by atoms with Crippen molar-refractivity contribution in [3.8, 4) is 16.9 Å². The number of halogens is 5. The third kappa shape index (κ3) is 4.76. The molecule has 1 aliphatic heterocycles. The average molecular weight is 538 g/mol. The second kappa shape index (κ2) is 9.23. The van der Waals surface area contributed by atoms with Crippen molar-refractivity contribution in [3.63, 3.8) is 0 Å². The van der Waals surface area contributed by atoms with Crippen LogP contribution >= 0.6 is 23.2 Å². The summed E-state index contributed by atoms with van der Waals surface area (Å²) >= 11 is 12.5. The zero-order valence-electron chi connectivity index (χ0n) is 18.9. The molecule has 188 valence electrons. The molecule has 3 atom stereocenters. The van der Waals surface area contributed by atoms with E-state index in [9.17, 15) is 18.0 Å². The molecule has 2 aliphatic rings. The molecule has 3 unspecified atom stereocenters. The van der Waals surface area contributed by atoms with Crippen molar-refractivity contribution in [2.75, 3.05) is 18.6 Å². The minimum Gasteiger partial charge on any atom is -0.489 e. The number of pyridine rings is 1. The molecule has 1 saturated carbocycles. The number of aromatic nitrogens is 1. The smallest absolute Gasteiger partial charge is 0.263 e. The number of nitrogens with two attached hydrogens (primary N) is 1. The molecule has 1 aliphatic carbocycles. The van der Waals surface area contributed by atoms with Crippen molar-refractivity contribution in [2.24, 2.45) is 11.7 Å². The number of amides is 1. The lowest BCUT2D eigenvalue weighted by molar-refractivity contribution is 0.0853. The molecule has 36 heavy (non-hydrogen) atoms. The number of hydrogen-bond acceptors (Lipinski definition) is 5. The number of anilines is 1. The van der Waals surface area contributed by atoms with Crippen molar-refractivity contribution >= 4 is 34.9 Å². The maximum Gasteiger partial charge on any atom is 0.263 e. The monoisotopic (exact) mass is 537 g/mol. The highest BCUT2D eigenvalue weighted by Gasteiger charge is 2.57. The number of rotatable bonds is 7. The van der Waals surface area contributed by atoms with Gasteiger partial charge in [-0.1, -0.05) is 35.3 Å². The zero-order valence-corrected chi connectivity index (χ0v) is 20.4. The molecular weight excluding hydrogens is 518 g/mol. The van der Waals surface area contributed by atoms with Gasteiger partial charge in [0.05, 0.1) is 23.1 Å². The van der Waals surface area contributed by atoms with Gasteiger partial charge >= 0.3 is 0 Å². The Morgan fingerprint density at radius 1 is 1.25 bits per heavy atom. The molecule has 3 aromatic rings. The molecule has 2 aromatic carbocycles. The Morgan fingerprint density at radius 3 is 2.61 bits per heavy atom. The Balaban J connectivity index is 1.51. The first-order valence-corrected chi connectivity index (χ1v) is 11.8. The number of ether oxygens (including phenoxy) is 2. The Labute approximate surface area is 214 Å². The van der Waals surface area contributed by atoms with E-state index < -0.39 is 29.8 Å². The van der Waals surface area contributed by atoms with Crippen molar-refractivity contribution in [2.45, 2.75) is 24.7 Å². The summed E-state index contributed by atoms with van der Waals surface area (Å²) in [6.07, 6.45) is 0.517. The van der Waals surface area contributed by atoms with E-state index in [-0.39, 0.29) is 41.3 Å². The van der Waals surface area contributed by atoms with Gasteiger partial charge in [-0.15, -0.1) is 0 Å². The van der Waals surface area contributed by atoms with E-state index in [2.05, 4.69) is 4.98 Å². The summed E-state index contributed by atoms with van der Waals surface area (Å²) in [4.78, 5) is 18.5. The Bertz CT molecular complexity index is 1340. The average Bonchev–Trinajstić information content (AvgIpc) is 3.72. The number of carbonyl (C=O) groups excluding carboxylic acids is 1. The lowest BCUT2D eigenvalue weighted by atomic mass is 10.0. The van der Waals surface area contributed by atoms with Crippen LogP contribution < -0.4 is 15.4 Å². The van der Waals surface area contributed by atoms with Crippen LogP contribution in [0.1, 0.15) is 28.4 Å². The highest BCUT2D eigenvalue weighted by atomic mass is 35.5. The molecule has 11 heteroatoms. The molecule has 6 nitrogen and oxygen atoms in total. The fraction of sp³-hybridized carbons (Fsp3) is 0.280. The summed E-state index contributed by atoms with van der Waals surface area (Å²) in [5, 5.41) is 0.331. The van der Waals surface area contributed by atoms with E-state index in [1.54, 1.807) is 24.3 Å². The van der Waals surface area contributed by atoms with Gasteiger partial charge in [-0.05, 0) is 35.9 Å². The number of benzene rings is 2. The van der Waals surface area contributed by atoms with Gasteiger partial charge in [-0.25, -0.2) is 18.2 Å². The van der Waals surface area contributed by atoms with Crippen LogP contribution in [0.15, 0.2) is 48.7 Å². The van der Waals surface area contributed by atoms with E-state index in [1.807, 2.05) is 0 Å². The van der Waals surface area contributed by atoms with Crippen LogP contribution in [0.2, 0.25) is 10.0 Å². The second-order valence-corrected chi connectivity index (χ2v) is 9.55. The van der Waals surface area contributed by atoms with Gasteiger partial charge in [0.15, 0.2) is 11.6 Å². The van der Waals surface area contributed by atoms with Crippen LogP contribution in [0.3, 0.4) is 0 Å². The Kier molecular flexibility index (Phi) is 6.36. The van der Waals surface area contributed by atoms with Crippen molar-refractivity contribution in [1.29, 1.82) is 0 Å². The van der Waals surface area contributed by atoms with E-state index in [1.165, 1.54) is 25.4 Å². The van der Waals surface area contributed by atoms with Gasteiger partial charge in [0.25, 0.3) is 11.8 Å². The Hall–Kier alpha value is -2.85. The maximum absolute atomic E-state index is 14.4. The van der Waals surface area contributed by atoms with Crippen molar-refractivity contribution in [3.05, 3.63) is 75.7 Å². The van der Waals surface area contributed by atoms with E-state index in [0.717, 1.165) is 16.5 Å². The van der Waals surface area contributed by atoms with Gasteiger partial charge in [0.1, 0.15) is 18.1 Å². The molecule has 1 saturated heterocycles. The molecule has 1 aromatic heterocycles. The number of nitrogens with zero attached hydrogens (tertiary/aromatic N) is 2. The van der Waals surface area contributed by atoms with Crippen LogP contribution in [0, 0.1) is 11.7 Å². The number of alkyl halides is 2. The number of hydrogen-bond donors (Lipinski definition) is 1. The molecule has 1 amide bonds. The van der Waals surface area contributed by atoms with Crippen LogP contribution in [-0.4, -0.2) is 36.7 Å². The molecular formula is C25H20Cl2F3N3O3. The lowest BCUT2D eigenvalue weighted by Gasteiger charge is -2.21. The summed E-state index contributed by atoms with van der Waals surface area (Å²) in [5.41, 5.74) is 7.34. The van der Waals surface area contributed by atoms with Gasteiger partial charge < -0.3 is 15.2 Å². The molecule has 0 radical (unpaired) electrons. The van der Waals surface area contributed by atoms with Crippen molar-refractivity contribution in [1.82, 2.24) is 4.98 Å². The predicted molar refractivity (Wildman–Crippen MR) is 129 cm³/mol. The van der Waals surface area contributed by atoms with Crippen LogP contribution in [-0.2, 0) is 4.74 Å². The third-order valence-corrected chi connectivity index (χ3v) is 6.83. The number of carbonyl (C=O) groups is 1. The SMILES string of the molecule is CN(C(=O)c1c(F)cccc1Cl)c1ncc(-c2cc(C3OC3N)ccc2Cl)cc1OCC1CC1(F)F. The third-order valence-electron chi connectivity index (χ3n) is 6.18. The second-order valence-electron chi connectivity index (χ2n) is 8.74. The molecule has 5 rings (SSSR count). The van der Waals surface area contributed by atoms with E-state index >= 15 is 0 Å². The summed E-state index contributed by atoms with van der Waals surface area (Å²) in [7, 11) is 1.37. The highest BCUT2D eigenvalue weighted by molar-refractivity contribution is 6.34. The highest BCUT2D eigenvalue weighted by Crippen LogP contribution is 2.49. The minimum atomic E-state index is -2.80. The van der Waals surface area contributed by atoms with Crippen LogP contribution in [0.5, 0.6) is 5.75 Å². The van der Waals surface area contributed by atoms with Crippen LogP contribution in [0.25, 0.3) is 11.1 Å². The molecule has 2 fully saturated rings. The fourth-order valence-corrected chi connectivity index (χ4v) is 4.35. The summed E-state index contributed by atoms with van der Waals surface area (Å²) in [6.45, 7) is -0.286. The van der Waals surface area contributed by atoms with Gasteiger partial charge in [0.2, 0.25) is 0 Å². The molecule has 2 N–H and O–H groups in total. The quantitative estimate of drug-likeness (QED) is 0.381. The first-order valence-electron chi connectivity index (χ1n) is 11.0. The minimum absolute atomic E-state index is 0.00635. The summed E-state index contributed by atoms with van der Waals surface area (Å²) < 4.78 is 52.4. The van der Waals surface area contributed by atoms with Gasteiger partial charge in [-0.2, -0.15) is 0 Å². The largest absolute Gasteiger partial charge is 0.489 e. The fourth-order valence-electron chi connectivity index (χ4n) is 3.88. The standard InChI is InChI=1S/C25H20Cl2F3N3O3/c1-33(24(34)20-17(27)3-2-4-18(20)28)23-19(35-11-14-9-25(14,29)30)8-13(10-32-23)15-7-12(5-6-16(15)26)21-22(31)36-21/h2-8,10,14,21-22H,9,11,31H2,1H3. The Morgan fingerprint density at radius 2 is 1.97 bits per heavy atom. The van der Waals surface area contributed by atoms with Crippen LogP contribution in [0.4, 0.5) is 19.0 Å². The first kappa shape index (κ1) is 24.8. The maximum atomic E-state index is 14.4. The predicted octanol–water partition coefficient (Wildman–Crippen LogP) is 5.86. The van der Waals surface area contributed by atoms with Crippen molar-refractivity contribution < 1.29 is 27.4 Å². The molecule has 2 heterocycles. The lowest BCUT2D eigenvalue weighted by Crippen LogP contribution is -2.29.